The van der Waals surface area contributed by atoms with Crippen molar-refractivity contribution in [1.82, 2.24) is 4.98 Å². The molecule has 4 nitrogen and oxygen atoms in total. The van der Waals surface area contributed by atoms with Crippen LogP contribution in [0.3, 0.4) is 0 Å². The second-order valence-electron chi connectivity index (χ2n) is 4.71. The number of halogens is 1. The lowest BCUT2D eigenvalue weighted by molar-refractivity contribution is 0.174. The highest BCUT2D eigenvalue weighted by atomic mass is 32.1. The van der Waals surface area contributed by atoms with Crippen LogP contribution in [0.25, 0.3) is 11.3 Å². The Balaban J connectivity index is 1.60. The molecule has 0 saturated carbocycles. The van der Waals surface area contributed by atoms with Crippen molar-refractivity contribution in [3.8, 4) is 22.8 Å². The average molecular weight is 314 g/mol. The predicted octanol–water partition coefficient (Wildman–Crippen LogP) is 4.42. The summed E-state index contributed by atoms with van der Waals surface area (Å²) in [4.78, 5) is 4.49. The van der Waals surface area contributed by atoms with E-state index >= 15 is 0 Å². The van der Waals surface area contributed by atoms with Gasteiger partial charge in [-0.1, -0.05) is 12.1 Å². The Kier molecular flexibility index (Phi) is 3.16. The van der Waals surface area contributed by atoms with Crippen LogP contribution in [0.15, 0.2) is 47.8 Å². The van der Waals surface area contributed by atoms with E-state index in [0.29, 0.717) is 16.6 Å². The molecule has 3 aromatic rings. The third-order valence-corrected chi connectivity index (χ3v) is 4.05. The van der Waals surface area contributed by atoms with Crippen LogP contribution in [-0.4, -0.2) is 11.8 Å². The van der Waals surface area contributed by atoms with Crippen molar-refractivity contribution in [2.24, 2.45) is 0 Å². The lowest BCUT2D eigenvalue weighted by Gasteiger charge is -2.03. The molecule has 0 atom stereocenters. The summed E-state index contributed by atoms with van der Waals surface area (Å²) >= 11 is 1.42. The molecule has 1 aliphatic heterocycles. The Morgan fingerprint density at radius 1 is 1.09 bits per heavy atom. The van der Waals surface area contributed by atoms with Gasteiger partial charge in [0.2, 0.25) is 6.79 Å². The third kappa shape index (κ3) is 2.37. The van der Waals surface area contributed by atoms with Crippen LogP contribution in [0.1, 0.15) is 0 Å². The lowest BCUT2D eigenvalue weighted by atomic mass is 10.1. The molecule has 0 fully saturated rings. The van der Waals surface area contributed by atoms with Crippen molar-refractivity contribution in [1.29, 1.82) is 0 Å². The Bertz CT molecular complexity index is 835. The van der Waals surface area contributed by atoms with Gasteiger partial charge in [0.15, 0.2) is 16.6 Å². The van der Waals surface area contributed by atoms with Gasteiger partial charge in [-0.25, -0.2) is 9.37 Å². The van der Waals surface area contributed by atoms with E-state index in [1.165, 1.54) is 17.4 Å². The van der Waals surface area contributed by atoms with E-state index in [1.807, 2.05) is 23.6 Å². The van der Waals surface area contributed by atoms with Crippen molar-refractivity contribution in [3.63, 3.8) is 0 Å². The molecule has 2 aromatic carbocycles. The van der Waals surface area contributed by atoms with Crippen LogP contribution < -0.4 is 14.8 Å². The number of para-hydroxylation sites is 1. The van der Waals surface area contributed by atoms with Crippen molar-refractivity contribution in [3.05, 3.63) is 53.7 Å². The van der Waals surface area contributed by atoms with Gasteiger partial charge in [-0.15, -0.1) is 11.3 Å². The first-order valence-electron chi connectivity index (χ1n) is 6.67. The Morgan fingerprint density at radius 3 is 2.86 bits per heavy atom. The van der Waals surface area contributed by atoms with Crippen molar-refractivity contribution >= 4 is 22.2 Å². The maximum absolute atomic E-state index is 13.6. The molecular formula is C16H11FN2O2S. The molecule has 110 valence electrons. The zero-order chi connectivity index (χ0) is 14.9. The van der Waals surface area contributed by atoms with Gasteiger partial charge in [0, 0.05) is 10.9 Å². The Morgan fingerprint density at radius 2 is 1.95 bits per heavy atom. The molecule has 0 spiro atoms. The lowest BCUT2D eigenvalue weighted by Crippen LogP contribution is -1.93. The van der Waals surface area contributed by atoms with Crippen LogP contribution in [0, 0.1) is 5.82 Å². The van der Waals surface area contributed by atoms with Crippen LogP contribution in [0.5, 0.6) is 11.5 Å². The minimum atomic E-state index is -0.303. The molecule has 6 heteroatoms. The minimum absolute atomic E-state index is 0.246. The number of hydrogen-bond donors (Lipinski definition) is 1. The maximum Gasteiger partial charge on any atom is 0.231 e. The summed E-state index contributed by atoms with van der Waals surface area (Å²) in [6.45, 7) is 0.246. The normalized spacial score (nSPS) is 12.4. The van der Waals surface area contributed by atoms with Gasteiger partial charge >= 0.3 is 0 Å². The zero-order valence-electron chi connectivity index (χ0n) is 11.4. The first-order valence-corrected chi connectivity index (χ1v) is 7.55. The van der Waals surface area contributed by atoms with Crippen LogP contribution in [0.2, 0.25) is 0 Å². The summed E-state index contributed by atoms with van der Waals surface area (Å²) < 4.78 is 24.3. The summed E-state index contributed by atoms with van der Waals surface area (Å²) in [5, 5.41) is 5.55. The van der Waals surface area contributed by atoms with Crippen LogP contribution >= 0.6 is 11.3 Å². The van der Waals surface area contributed by atoms with Crippen molar-refractivity contribution < 1.29 is 13.9 Å². The summed E-state index contributed by atoms with van der Waals surface area (Å²) in [5.74, 6) is 1.15. The minimum Gasteiger partial charge on any atom is -0.454 e. The fourth-order valence-electron chi connectivity index (χ4n) is 2.20. The molecule has 0 unspecified atom stereocenters. The topological polar surface area (TPSA) is 43.4 Å². The zero-order valence-corrected chi connectivity index (χ0v) is 12.2. The highest BCUT2D eigenvalue weighted by molar-refractivity contribution is 7.14. The monoisotopic (exact) mass is 314 g/mol. The van der Waals surface area contributed by atoms with Crippen LogP contribution in [-0.2, 0) is 0 Å². The molecular weight excluding hydrogens is 303 g/mol. The van der Waals surface area contributed by atoms with E-state index in [9.17, 15) is 4.39 Å². The first-order chi connectivity index (χ1) is 10.8. The van der Waals surface area contributed by atoms with Crippen molar-refractivity contribution in [2.75, 3.05) is 12.1 Å². The number of fused-ring (bicyclic) bond motifs is 1. The highest BCUT2D eigenvalue weighted by Crippen LogP contribution is 2.36. The number of rotatable bonds is 3. The fourth-order valence-corrected chi connectivity index (χ4v) is 2.93. The van der Waals surface area contributed by atoms with Gasteiger partial charge in [0.1, 0.15) is 5.82 Å². The molecule has 0 bridgehead atoms. The van der Waals surface area contributed by atoms with Crippen LogP contribution in [0.4, 0.5) is 15.2 Å². The van der Waals surface area contributed by atoms with Crippen molar-refractivity contribution in [2.45, 2.75) is 0 Å². The first kappa shape index (κ1) is 13.1. The molecule has 0 aliphatic carbocycles. The Labute approximate surface area is 130 Å². The summed E-state index contributed by atoms with van der Waals surface area (Å²) in [5.41, 5.74) is 2.15. The number of thiazole rings is 1. The molecule has 0 amide bonds. The molecule has 1 N–H and O–H groups in total. The number of hydrogen-bond acceptors (Lipinski definition) is 5. The number of nitrogens with one attached hydrogen (secondary N) is 1. The average Bonchev–Trinajstić information content (AvgIpc) is 3.17. The molecule has 2 heterocycles. The molecule has 4 rings (SSSR count). The van der Waals surface area contributed by atoms with Gasteiger partial charge in [0.25, 0.3) is 0 Å². The van der Waals surface area contributed by atoms with Gasteiger partial charge in [-0.2, -0.15) is 0 Å². The summed E-state index contributed by atoms with van der Waals surface area (Å²) in [6, 6.07) is 12.2. The highest BCUT2D eigenvalue weighted by Gasteiger charge is 2.15. The van der Waals surface area contributed by atoms with E-state index in [0.717, 1.165) is 17.0 Å². The van der Waals surface area contributed by atoms with E-state index < -0.39 is 0 Å². The number of anilines is 2. The summed E-state index contributed by atoms with van der Waals surface area (Å²) in [7, 11) is 0. The third-order valence-electron chi connectivity index (χ3n) is 3.29. The molecule has 22 heavy (non-hydrogen) atoms. The van der Waals surface area contributed by atoms with E-state index in [4.69, 9.17) is 9.47 Å². The molecule has 1 aliphatic rings. The van der Waals surface area contributed by atoms with E-state index in [1.54, 1.807) is 18.2 Å². The quantitative estimate of drug-likeness (QED) is 0.777. The number of nitrogens with zero attached hydrogens (tertiary/aromatic N) is 1. The SMILES string of the molecule is Fc1ccccc1Nc1nc(-c2ccc3c(c2)OCO3)cs1. The van der Waals surface area contributed by atoms with Gasteiger partial charge in [-0.05, 0) is 30.3 Å². The second kappa shape index (κ2) is 5.31. The predicted molar refractivity (Wildman–Crippen MR) is 83.4 cm³/mol. The maximum atomic E-state index is 13.6. The fraction of sp³-hybridized carbons (Fsp3) is 0.0625. The largest absolute Gasteiger partial charge is 0.454 e. The second-order valence-corrected chi connectivity index (χ2v) is 5.57. The van der Waals surface area contributed by atoms with E-state index in [2.05, 4.69) is 10.3 Å². The van der Waals surface area contributed by atoms with Gasteiger partial charge < -0.3 is 14.8 Å². The van der Waals surface area contributed by atoms with Gasteiger partial charge in [0.05, 0.1) is 11.4 Å². The van der Waals surface area contributed by atoms with Gasteiger partial charge in [-0.3, -0.25) is 0 Å². The molecule has 1 aromatic heterocycles. The number of ether oxygens (including phenoxy) is 2. The smallest absolute Gasteiger partial charge is 0.231 e. The summed E-state index contributed by atoms with van der Waals surface area (Å²) in [6.07, 6.45) is 0. The standard InChI is InChI=1S/C16H11FN2O2S/c17-11-3-1-2-4-12(11)18-16-19-13(8-22-16)10-5-6-14-15(7-10)21-9-20-14/h1-8H,9H2,(H,18,19). The number of aromatic nitrogens is 1. The molecule has 0 saturated heterocycles. The Hall–Kier alpha value is -2.60. The number of benzene rings is 2. The van der Waals surface area contributed by atoms with E-state index in [-0.39, 0.29) is 12.6 Å². The molecule has 0 radical (unpaired) electrons.